The summed E-state index contributed by atoms with van der Waals surface area (Å²) in [5.74, 6) is 2.03. The predicted octanol–water partition coefficient (Wildman–Crippen LogP) is 3.52. The topological polar surface area (TPSA) is 67.6 Å². The molecule has 2 aliphatic rings. The lowest BCUT2D eigenvalue weighted by Gasteiger charge is -2.24. The molecule has 1 saturated carbocycles. The van der Waals surface area contributed by atoms with Crippen LogP contribution in [0.2, 0.25) is 0 Å². The van der Waals surface area contributed by atoms with Gasteiger partial charge in [-0.25, -0.2) is 0 Å². The molecule has 2 aromatic rings. The van der Waals surface area contributed by atoms with Crippen molar-refractivity contribution in [2.24, 2.45) is 0 Å². The van der Waals surface area contributed by atoms with E-state index in [4.69, 9.17) is 9.26 Å². The number of carbonyl (C=O) groups is 1. The Bertz CT molecular complexity index is 782. The standard InChI is InChI=1S/C21H27N3O3/c1-3-10-24-13-16(11-19(24)14-6-8-17(26-2)9-7-14)22-21(25)18-12-20(27-23-18)15-4-5-15/h6-9,12,15-16,19H,3-5,10-11,13H2,1-2H3,(H,22,25)/t16-,19+/m0/s1. The zero-order valence-electron chi connectivity index (χ0n) is 16.0. The molecule has 144 valence electrons. The second-order valence-electron chi connectivity index (χ2n) is 7.58. The molecule has 1 aromatic carbocycles. The number of rotatable bonds is 7. The highest BCUT2D eigenvalue weighted by Gasteiger charge is 2.34. The maximum atomic E-state index is 12.6. The van der Waals surface area contributed by atoms with Crippen LogP contribution in [0.15, 0.2) is 34.9 Å². The number of methoxy groups -OCH3 is 1. The summed E-state index contributed by atoms with van der Waals surface area (Å²) in [6, 6.07) is 10.5. The number of hydrogen-bond donors (Lipinski definition) is 1. The summed E-state index contributed by atoms with van der Waals surface area (Å²) < 4.78 is 10.6. The lowest BCUT2D eigenvalue weighted by atomic mass is 10.0. The molecule has 2 fully saturated rings. The van der Waals surface area contributed by atoms with Crippen LogP contribution in [0.1, 0.15) is 66.4 Å². The first-order chi connectivity index (χ1) is 13.2. The van der Waals surface area contributed by atoms with Crippen LogP contribution in [0.25, 0.3) is 0 Å². The minimum atomic E-state index is -0.137. The van der Waals surface area contributed by atoms with Gasteiger partial charge in [0.05, 0.1) is 7.11 Å². The Labute approximate surface area is 159 Å². The zero-order valence-corrected chi connectivity index (χ0v) is 16.0. The summed E-state index contributed by atoms with van der Waals surface area (Å²) >= 11 is 0. The van der Waals surface area contributed by atoms with E-state index in [2.05, 4.69) is 34.4 Å². The summed E-state index contributed by atoms with van der Waals surface area (Å²) in [7, 11) is 1.68. The lowest BCUT2D eigenvalue weighted by molar-refractivity contribution is 0.0928. The fourth-order valence-electron chi connectivity index (χ4n) is 3.93. The number of ether oxygens (including phenoxy) is 1. The number of nitrogens with one attached hydrogen (secondary N) is 1. The van der Waals surface area contributed by atoms with Crippen molar-refractivity contribution in [3.8, 4) is 5.75 Å². The summed E-state index contributed by atoms with van der Waals surface area (Å²) in [6.45, 7) is 4.05. The van der Waals surface area contributed by atoms with E-state index in [-0.39, 0.29) is 11.9 Å². The van der Waals surface area contributed by atoms with Crippen molar-refractivity contribution < 1.29 is 14.1 Å². The molecule has 1 aromatic heterocycles. The Kier molecular flexibility index (Phi) is 5.16. The quantitative estimate of drug-likeness (QED) is 0.809. The van der Waals surface area contributed by atoms with E-state index in [0.717, 1.165) is 50.3 Å². The van der Waals surface area contributed by atoms with E-state index >= 15 is 0 Å². The third kappa shape index (κ3) is 4.00. The molecule has 0 spiro atoms. The van der Waals surface area contributed by atoms with Gasteiger partial charge in [0.2, 0.25) is 0 Å². The van der Waals surface area contributed by atoms with Crippen molar-refractivity contribution >= 4 is 5.91 Å². The van der Waals surface area contributed by atoms with Gasteiger partial charge in [-0.3, -0.25) is 9.69 Å². The Morgan fingerprint density at radius 2 is 2.11 bits per heavy atom. The van der Waals surface area contributed by atoms with Crippen LogP contribution >= 0.6 is 0 Å². The normalized spacial score (nSPS) is 22.7. The van der Waals surface area contributed by atoms with Crippen molar-refractivity contribution in [1.82, 2.24) is 15.4 Å². The van der Waals surface area contributed by atoms with E-state index in [1.54, 1.807) is 13.2 Å². The highest BCUT2D eigenvalue weighted by Crippen LogP contribution is 2.40. The summed E-state index contributed by atoms with van der Waals surface area (Å²) in [5.41, 5.74) is 1.66. The number of amides is 1. The van der Waals surface area contributed by atoms with Gasteiger partial charge in [0.25, 0.3) is 5.91 Å². The third-order valence-electron chi connectivity index (χ3n) is 5.49. The van der Waals surface area contributed by atoms with Gasteiger partial charge in [0.1, 0.15) is 11.5 Å². The molecule has 0 bridgehead atoms. The van der Waals surface area contributed by atoms with Gasteiger partial charge in [-0.15, -0.1) is 0 Å². The van der Waals surface area contributed by atoms with E-state index in [1.165, 1.54) is 5.56 Å². The zero-order chi connectivity index (χ0) is 18.8. The number of nitrogens with zero attached hydrogens (tertiary/aromatic N) is 2. The molecule has 27 heavy (non-hydrogen) atoms. The first kappa shape index (κ1) is 18.0. The van der Waals surface area contributed by atoms with Gasteiger partial charge >= 0.3 is 0 Å². The first-order valence-corrected chi connectivity index (χ1v) is 9.83. The van der Waals surface area contributed by atoms with E-state index in [9.17, 15) is 4.79 Å². The monoisotopic (exact) mass is 369 g/mol. The molecule has 1 aliphatic carbocycles. The van der Waals surface area contributed by atoms with Crippen LogP contribution in [-0.4, -0.2) is 42.2 Å². The molecule has 1 amide bonds. The second kappa shape index (κ2) is 7.72. The van der Waals surface area contributed by atoms with Crippen LogP contribution in [-0.2, 0) is 0 Å². The van der Waals surface area contributed by atoms with Crippen LogP contribution in [0, 0.1) is 0 Å². The molecule has 2 atom stereocenters. The van der Waals surface area contributed by atoms with E-state index in [0.29, 0.717) is 17.7 Å². The SMILES string of the molecule is CCCN1C[C@@H](NC(=O)c2cc(C3CC3)on2)C[C@@H]1c1ccc(OC)cc1. The van der Waals surface area contributed by atoms with Crippen LogP contribution in [0.5, 0.6) is 5.75 Å². The molecule has 6 heteroatoms. The average molecular weight is 369 g/mol. The smallest absolute Gasteiger partial charge is 0.273 e. The Morgan fingerprint density at radius 1 is 1.33 bits per heavy atom. The fraction of sp³-hybridized carbons (Fsp3) is 0.524. The molecule has 0 unspecified atom stereocenters. The van der Waals surface area contributed by atoms with E-state index < -0.39 is 0 Å². The summed E-state index contributed by atoms with van der Waals surface area (Å²) in [4.78, 5) is 15.0. The minimum Gasteiger partial charge on any atom is -0.497 e. The van der Waals surface area contributed by atoms with Crippen molar-refractivity contribution in [1.29, 1.82) is 0 Å². The molecular formula is C21H27N3O3. The second-order valence-corrected chi connectivity index (χ2v) is 7.58. The van der Waals surface area contributed by atoms with Gasteiger partial charge in [-0.05, 0) is 49.9 Å². The van der Waals surface area contributed by atoms with Gasteiger partial charge < -0.3 is 14.6 Å². The molecule has 1 aliphatic heterocycles. The molecular weight excluding hydrogens is 342 g/mol. The number of benzene rings is 1. The van der Waals surface area contributed by atoms with Crippen molar-refractivity contribution in [3.05, 3.63) is 47.3 Å². The largest absolute Gasteiger partial charge is 0.497 e. The van der Waals surface area contributed by atoms with Crippen LogP contribution < -0.4 is 10.1 Å². The van der Waals surface area contributed by atoms with Crippen molar-refractivity contribution in [3.63, 3.8) is 0 Å². The van der Waals surface area contributed by atoms with Gasteiger partial charge in [-0.2, -0.15) is 0 Å². The van der Waals surface area contributed by atoms with Gasteiger partial charge in [0.15, 0.2) is 5.69 Å². The average Bonchev–Trinajstić information content (AvgIpc) is 3.28. The summed E-state index contributed by atoms with van der Waals surface area (Å²) in [6.07, 6.45) is 4.25. The first-order valence-electron chi connectivity index (χ1n) is 9.83. The molecule has 0 radical (unpaired) electrons. The summed E-state index contributed by atoms with van der Waals surface area (Å²) in [5, 5.41) is 7.11. The Balaban J connectivity index is 1.42. The Hall–Kier alpha value is -2.34. The van der Waals surface area contributed by atoms with E-state index in [1.807, 2.05) is 12.1 Å². The van der Waals surface area contributed by atoms with Gasteiger partial charge in [-0.1, -0.05) is 24.2 Å². The number of likely N-dealkylation sites (tertiary alicyclic amines) is 1. The number of aromatic nitrogens is 1. The maximum Gasteiger partial charge on any atom is 0.273 e. The van der Waals surface area contributed by atoms with Gasteiger partial charge in [0, 0.05) is 30.6 Å². The van der Waals surface area contributed by atoms with Crippen molar-refractivity contribution in [2.75, 3.05) is 20.2 Å². The molecule has 4 rings (SSSR count). The predicted molar refractivity (Wildman–Crippen MR) is 102 cm³/mol. The highest BCUT2D eigenvalue weighted by atomic mass is 16.5. The lowest BCUT2D eigenvalue weighted by Crippen LogP contribution is -2.37. The maximum absolute atomic E-state index is 12.6. The van der Waals surface area contributed by atoms with Crippen molar-refractivity contribution in [2.45, 2.75) is 50.6 Å². The minimum absolute atomic E-state index is 0.109. The Morgan fingerprint density at radius 3 is 2.78 bits per heavy atom. The third-order valence-corrected chi connectivity index (χ3v) is 5.49. The molecule has 2 heterocycles. The molecule has 6 nitrogen and oxygen atoms in total. The fourth-order valence-corrected chi connectivity index (χ4v) is 3.93. The molecule has 1 N–H and O–H groups in total. The van der Waals surface area contributed by atoms with Crippen LogP contribution in [0.3, 0.4) is 0 Å². The highest BCUT2D eigenvalue weighted by molar-refractivity contribution is 5.92. The number of hydrogen-bond acceptors (Lipinski definition) is 5. The van der Waals surface area contributed by atoms with Crippen LogP contribution in [0.4, 0.5) is 0 Å². The molecule has 1 saturated heterocycles. The number of carbonyl (C=O) groups excluding carboxylic acids is 1.